The minimum Gasteiger partial charge on any atom is -0.345 e. The van der Waals surface area contributed by atoms with Gasteiger partial charge in [0.05, 0.1) is 29.3 Å². The molecule has 3 aromatic rings. The van der Waals surface area contributed by atoms with E-state index < -0.39 is 0 Å². The molecule has 2 heterocycles. The number of hydrogen-bond acceptors (Lipinski definition) is 3. The number of aromatic amines is 1. The van der Waals surface area contributed by atoms with E-state index in [1.165, 1.54) is 5.69 Å². The number of nitrogens with zero attached hydrogens (tertiary/aromatic N) is 3. The quantitative estimate of drug-likeness (QED) is 0.733. The normalized spacial score (nSPS) is 11.2. The van der Waals surface area contributed by atoms with E-state index in [0.717, 1.165) is 28.7 Å². The van der Waals surface area contributed by atoms with Crippen molar-refractivity contribution in [3.63, 3.8) is 0 Å². The van der Waals surface area contributed by atoms with E-state index in [1.807, 2.05) is 31.0 Å². The molecule has 3 rings (SSSR count). The summed E-state index contributed by atoms with van der Waals surface area (Å²) in [5, 5.41) is 7.50. The van der Waals surface area contributed by atoms with E-state index >= 15 is 0 Å². The Balaban J connectivity index is 2.13. The van der Waals surface area contributed by atoms with Crippen LogP contribution in [0.1, 0.15) is 5.69 Å². The van der Waals surface area contributed by atoms with Crippen molar-refractivity contribution >= 4 is 11.0 Å². The molecule has 0 amide bonds. The minimum absolute atomic E-state index is 0.798. The third-order valence-corrected chi connectivity index (χ3v) is 3.14. The molecule has 0 fully saturated rings. The predicted molar refractivity (Wildman–Crippen MR) is 71.1 cm³/mol. The highest BCUT2D eigenvalue weighted by atomic mass is 15.3. The third kappa shape index (κ3) is 1.69. The first-order valence-electron chi connectivity index (χ1n) is 5.88. The van der Waals surface area contributed by atoms with Crippen LogP contribution in [0.4, 0.5) is 0 Å². The van der Waals surface area contributed by atoms with Crippen LogP contribution in [0, 0.1) is 0 Å². The van der Waals surface area contributed by atoms with Crippen LogP contribution in [0.25, 0.3) is 22.2 Å². The second-order valence-electron chi connectivity index (χ2n) is 4.29. The molecule has 92 valence electrons. The fraction of sp³-hybridized carbons (Fsp3) is 0.231. The van der Waals surface area contributed by atoms with Gasteiger partial charge in [-0.15, -0.1) is 0 Å². The van der Waals surface area contributed by atoms with Crippen molar-refractivity contribution in [3.8, 4) is 11.1 Å². The molecule has 5 heteroatoms. The molecule has 0 unspecified atom stereocenters. The summed E-state index contributed by atoms with van der Waals surface area (Å²) in [5.74, 6) is 0. The summed E-state index contributed by atoms with van der Waals surface area (Å²) in [6.45, 7) is 0.798. The maximum atomic E-state index is 4.33. The van der Waals surface area contributed by atoms with Gasteiger partial charge in [-0.05, 0) is 24.7 Å². The van der Waals surface area contributed by atoms with Gasteiger partial charge >= 0.3 is 0 Å². The molecular weight excluding hydrogens is 226 g/mol. The fourth-order valence-corrected chi connectivity index (χ4v) is 2.18. The van der Waals surface area contributed by atoms with Gasteiger partial charge in [0.25, 0.3) is 0 Å². The lowest BCUT2D eigenvalue weighted by molar-refractivity contribution is 0.673. The minimum atomic E-state index is 0.798. The molecule has 18 heavy (non-hydrogen) atoms. The summed E-state index contributed by atoms with van der Waals surface area (Å²) in [7, 11) is 3.90. The van der Waals surface area contributed by atoms with Crippen LogP contribution in [0.5, 0.6) is 0 Å². The number of benzene rings is 1. The zero-order chi connectivity index (χ0) is 12.5. The topological polar surface area (TPSA) is 58.5 Å². The number of nitrogens with one attached hydrogen (secondary N) is 2. The molecule has 0 saturated heterocycles. The average Bonchev–Trinajstić information content (AvgIpc) is 2.97. The smallest absolute Gasteiger partial charge is 0.0931 e. The Labute approximate surface area is 105 Å². The maximum absolute atomic E-state index is 4.33. The Morgan fingerprint density at radius 2 is 2.28 bits per heavy atom. The number of imidazole rings is 1. The molecule has 1 aromatic carbocycles. The van der Waals surface area contributed by atoms with Gasteiger partial charge in [0, 0.05) is 19.2 Å². The molecule has 2 N–H and O–H groups in total. The molecule has 0 atom stereocenters. The zero-order valence-electron chi connectivity index (χ0n) is 10.4. The summed E-state index contributed by atoms with van der Waals surface area (Å²) >= 11 is 0. The Morgan fingerprint density at radius 3 is 3.11 bits per heavy atom. The van der Waals surface area contributed by atoms with Gasteiger partial charge in [-0.3, -0.25) is 4.68 Å². The Bertz CT molecular complexity index is 680. The molecule has 2 aromatic heterocycles. The second-order valence-corrected chi connectivity index (χ2v) is 4.29. The first kappa shape index (κ1) is 11.0. The highest BCUT2D eigenvalue weighted by molar-refractivity contribution is 5.81. The average molecular weight is 241 g/mol. The molecule has 0 radical (unpaired) electrons. The summed E-state index contributed by atoms with van der Waals surface area (Å²) in [4.78, 5) is 7.36. The molecule has 0 spiro atoms. The van der Waals surface area contributed by atoms with Crippen LogP contribution < -0.4 is 5.32 Å². The number of hydrogen-bond donors (Lipinski definition) is 2. The predicted octanol–water partition coefficient (Wildman–Crippen LogP) is 1.68. The summed E-state index contributed by atoms with van der Waals surface area (Å²) in [6, 6.07) is 6.22. The van der Waals surface area contributed by atoms with E-state index in [1.54, 1.807) is 6.33 Å². The second kappa shape index (κ2) is 4.27. The first-order valence-corrected chi connectivity index (χ1v) is 5.88. The highest BCUT2D eigenvalue weighted by Gasteiger charge is 2.10. The Morgan fingerprint density at radius 1 is 1.39 bits per heavy atom. The van der Waals surface area contributed by atoms with Crippen molar-refractivity contribution in [2.24, 2.45) is 7.05 Å². The molecule has 0 bridgehead atoms. The van der Waals surface area contributed by atoms with Crippen LogP contribution in [0.15, 0.2) is 30.7 Å². The van der Waals surface area contributed by atoms with E-state index in [9.17, 15) is 0 Å². The fourth-order valence-electron chi connectivity index (χ4n) is 2.18. The van der Waals surface area contributed by atoms with Gasteiger partial charge in [0.1, 0.15) is 0 Å². The lowest BCUT2D eigenvalue weighted by Crippen LogP contribution is -2.10. The molecule has 5 nitrogen and oxygen atoms in total. The van der Waals surface area contributed by atoms with Crippen molar-refractivity contribution in [2.75, 3.05) is 7.05 Å². The van der Waals surface area contributed by atoms with E-state index in [0.29, 0.717) is 0 Å². The number of fused-ring (bicyclic) bond motifs is 1. The molecule has 0 saturated carbocycles. The summed E-state index contributed by atoms with van der Waals surface area (Å²) in [5.41, 5.74) is 5.52. The summed E-state index contributed by atoms with van der Waals surface area (Å²) < 4.78 is 1.91. The van der Waals surface area contributed by atoms with E-state index in [4.69, 9.17) is 0 Å². The monoisotopic (exact) mass is 241 g/mol. The van der Waals surface area contributed by atoms with Gasteiger partial charge in [0.2, 0.25) is 0 Å². The largest absolute Gasteiger partial charge is 0.345 e. The van der Waals surface area contributed by atoms with Gasteiger partial charge in [-0.25, -0.2) is 4.98 Å². The number of aromatic nitrogens is 4. The van der Waals surface area contributed by atoms with Gasteiger partial charge in [0.15, 0.2) is 0 Å². The van der Waals surface area contributed by atoms with Crippen molar-refractivity contribution < 1.29 is 0 Å². The molecule has 0 aliphatic heterocycles. The SMILES string of the molecule is CNCc1c(-c2ccc3nc[nH]c3c2)cnn1C. The number of rotatable bonds is 3. The van der Waals surface area contributed by atoms with Crippen molar-refractivity contribution in [1.29, 1.82) is 0 Å². The van der Waals surface area contributed by atoms with E-state index in [2.05, 4.69) is 32.5 Å². The Kier molecular flexibility index (Phi) is 2.60. The highest BCUT2D eigenvalue weighted by Crippen LogP contribution is 2.25. The van der Waals surface area contributed by atoms with Crippen LogP contribution in [-0.2, 0) is 13.6 Å². The van der Waals surface area contributed by atoms with Crippen molar-refractivity contribution in [1.82, 2.24) is 25.1 Å². The van der Waals surface area contributed by atoms with Crippen molar-refractivity contribution in [2.45, 2.75) is 6.54 Å². The van der Waals surface area contributed by atoms with Crippen molar-refractivity contribution in [3.05, 3.63) is 36.4 Å². The summed E-state index contributed by atoms with van der Waals surface area (Å²) in [6.07, 6.45) is 3.62. The van der Waals surface area contributed by atoms with Crippen LogP contribution in [0.2, 0.25) is 0 Å². The number of aryl methyl sites for hydroxylation is 1. The Hall–Kier alpha value is -2.14. The molecule has 0 aliphatic rings. The number of H-pyrrole nitrogens is 1. The lowest BCUT2D eigenvalue weighted by Gasteiger charge is -2.05. The van der Waals surface area contributed by atoms with Gasteiger partial charge in [-0.2, -0.15) is 5.10 Å². The first-order chi connectivity index (χ1) is 8.79. The molecule has 0 aliphatic carbocycles. The van der Waals surface area contributed by atoms with Crippen LogP contribution in [-0.4, -0.2) is 26.8 Å². The third-order valence-electron chi connectivity index (χ3n) is 3.14. The maximum Gasteiger partial charge on any atom is 0.0931 e. The zero-order valence-corrected chi connectivity index (χ0v) is 10.4. The van der Waals surface area contributed by atoms with Crippen LogP contribution >= 0.6 is 0 Å². The lowest BCUT2D eigenvalue weighted by atomic mass is 10.1. The van der Waals surface area contributed by atoms with Gasteiger partial charge in [-0.1, -0.05) is 6.07 Å². The van der Waals surface area contributed by atoms with E-state index in [-0.39, 0.29) is 0 Å². The molecular formula is C13H15N5. The van der Waals surface area contributed by atoms with Gasteiger partial charge < -0.3 is 10.3 Å². The standard InChI is InChI=1S/C13H15N5/c1-14-7-13-10(6-17-18(13)2)9-3-4-11-12(5-9)16-8-15-11/h3-6,8,14H,7H2,1-2H3,(H,15,16). The van der Waals surface area contributed by atoms with Crippen LogP contribution in [0.3, 0.4) is 0 Å².